The molecular weight excluding hydrogens is 252 g/mol. The molecule has 4 heteroatoms. The van der Waals surface area contributed by atoms with E-state index in [1.807, 2.05) is 19.2 Å². The van der Waals surface area contributed by atoms with Gasteiger partial charge in [0.1, 0.15) is 0 Å². The molecule has 1 fully saturated rings. The maximum atomic E-state index is 11.7. The van der Waals surface area contributed by atoms with Gasteiger partial charge >= 0.3 is 0 Å². The Morgan fingerprint density at radius 2 is 2.00 bits per heavy atom. The first-order valence-corrected chi connectivity index (χ1v) is 7.15. The van der Waals surface area contributed by atoms with E-state index in [1.54, 1.807) is 11.0 Å². The Labute approximate surface area is 118 Å². The van der Waals surface area contributed by atoms with Crippen molar-refractivity contribution in [3.8, 4) is 0 Å². The van der Waals surface area contributed by atoms with Crippen LogP contribution in [0.2, 0.25) is 0 Å². The Balaban J connectivity index is 2.04. The van der Waals surface area contributed by atoms with Gasteiger partial charge in [-0.3, -0.25) is 4.79 Å². The van der Waals surface area contributed by atoms with E-state index in [9.17, 15) is 9.59 Å². The normalized spacial score (nSPS) is 20.4. The second-order valence-corrected chi connectivity index (χ2v) is 5.74. The van der Waals surface area contributed by atoms with Gasteiger partial charge in [0.05, 0.1) is 5.54 Å². The molecular formula is C16H18N2O2. The van der Waals surface area contributed by atoms with E-state index < -0.39 is 0 Å². The summed E-state index contributed by atoms with van der Waals surface area (Å²) in [6.45, 7) is 0. The molecule has 0 atom stereocenters. The predicted molar refractivity (Wildman–Crippen MR) is 76.4 cm³/mol. The van der Waals surface area contributed by atoms with Gasteiger partial charge in [0.15, 0.2) is 0 Å². The zero-order valence-corrected chi connectivity index (χ0v) is 11.7. The summed E-state index contributed by atoms with van der Waals surface area (Å²) in [4.78, 5) is 28.3. The van der Waals surface area contributed by atoms with Gasteiger partial charge in [-0.2, -0.15) is 4.99 Å². The molecule has 0 radical (unpaired) electrons. The van der Waals surface area contributed by atoms with Gasteiger partial charge in [-0.15, -0.1) is 0 Å². The smallest absolute Gasteiger partial charge is 0.235 e. The Bertz CT molecular complexity index is 596. The van der Waals surface area contributed by atoms with Crippen LogP contribution in [0.4, 0.5) is 5.69 Å². The maximum Gasteiger partial charge on any atom is 0.235 e. The molecule has 0 bridgehead atoms. The fraction of sp³-hybridized carbons (Fsp3) is 0.500. The summed E-state index contributed by atoms with van der Waals surface area (Å²) < 4.78 is 0. The zero-order valence-electron chi connectivity index (χ0n) is 11.7. The highest BCUT2D eigenvalue weighted by Gasteiger charge is 2.36. The van der Waals surface area contributed by atoms with Crippen molar-refractivity contribution in [2.75, 3.05) is 11.9 Å². The van der Waals surface area contributed by atoms with Crippen molar-refractivity contribution in [3.05, 3.63) is 29.3 Å². The van der Waals surface area contributed by atoms with E-state index in [4.69, 9.17) is 0 Å². The average Bonchev–Trinajstić information content (AvgIpc) is 2.93. The number of hydrogen-bond donors (Lipinski definition) is 0. The van der Waals surface area contributed by atoms with Crippen LogP contribution in [-0.2, 0) is 21.5 Å². The van der Waals surface area contributed by atoms with Gasteiger partial charge in [-0.1, -0.05) is 25.0 Å². The van der Waals surface area contributed by atoms with Crippen LogP contribution < -0.4 is 4.90 Å². The molecule has 3 rings (SSSR count). The molecule has 1 aliphatic carbocycles. The van der Waals surface area contributed by atoms with Crippen molar-refractivity contribution in [2.24, 2.45) is 4.99 Å². The van der Waals surface area contributed by atoms with Gasteiger partial charge in [0, 0.05) is 19.2 Å². The predicted octanol–water partition coefficient (Wildman–Crippen LogP) is 2.70. The number of benzene rings is 1. The van der Waals surface area contributed by atoms with E-state index in [0.29, 0.717) is 6.42 Å². The second kappa shape index (κ2) is 4.88. The fourth-order valence-electron chi connectivity index (χ4n) is 3.46. The standard InChI is InChI=1S/C16H18N2O2/c1-18-14-6-5-13(10-12(14)4-7-15(18)20)16(17-11-19)8-2-3-9-16/h5-6,10H,2-4,7-9H2,1H3. The number of carbonyl (C=O) groups excluding carboxylic acids is 2. The van der Waals surface area contributed by atoms with E-state index in [-0.39, 0.29) is 11.4 Å². The topological polar surface area (TPSA) is 49.7 Å². The van der Waals surface area contributed by atoms with Crippen LogP contribution in [0.5, 0.6) is 0 Å². The Hall–Kier alpha value is -1.93. The first-order chi connectivity index (χ1) is 9.66. The molecule has 1 saturated carbocycles. The quantitative estimate of drug-likeness (QED) is 0.613. The third kappa shape index (κ3) is 1.97. The number of amides is 1. The number of rotatable bonds is 2. The average molecular weight is 270 g/mol. The molecule has 1 amide bonds. The Kier molecular flexibility index (Phi) is 3.19. The van der Waals surface area contributed by atoms with Crippen molar-refractivity contribution in [1.29, 1.82) is 0 Å². The second-order valence-electron chi connectivity index (χ2n) is 5.74. The van der Waals surface area contributed by atoms with Crippen LogP contribution in [-0.4, -0.2) is 19.0 Å². The number of hydrogen-bond acceptors (Lipinski definition) is 3. The number of aliphatic imine (C=N–C) groups is 1. The van der Waals surface area contributed by atoms with E-state index in [1.165, 1.54) is 5.56 Å². The summed E-state index contributed by atoms with van der Waals surface area (Å²) in [7, 11) is 1.81. The van der Waals surface area contributed by atoms with Crippen molar-refractivity contribution >= 4 is 17.7 Å². The highest BCUT2D eigenvalue weighted by Crippen LogP contribution is 2.43. The van der Waals surface area contributed by atoms with Gasteiger partial charge in [-0.05, 0) is 36.5 Å². The highest BCUT2D eigenvalue weighted by molar-refractivity contribution is 5.95. The molecule has 104 valence electrons. The first kappa shape index (κ1) is 13.1. The molecule has 0 saturated heterocycles. The largest absolute Gasteiger partial charge is 0.315 e. The maximum absolute atomic E-state index is 11.7. The van der Waals surface area contributed by atoms with Gasteiger partial charge in [0.2, 0.25) is 12.0 Å². The number of carbonyl (C=O) groups is 1. The lowest BCUT2D eigenvalue weighted by Gasteiger charge is -2.29. The first-order valence-electron chi connectivity index (χ1n) is 7.15. The minimum Gasteiger partial charge on any atom is -0.315 e. The molecule has 0 N–H and O–H groups in total. The van der Waals surface area contributed by atoms with Gasteiger partial charge in [0.25, 0.3) is 0 Å². The summed E-state index contributed by atoms with van der Waals surface area (Å²) in [5, 5.41) is 0. The number of aryl methyl sites for hydroxylation is 1. The number of nitrogens with zero attached hydrogens (tertiary/aromatic N) is 2. The third-order valence-corrected chi connectivity index (χ3v) is 4.65. The number of anilines is 1. The Morgan fingerprint density at radius 3 is 2.70 bits per heavy atom. The summed E-state index contributed by atoms with van der Waals surface area (Å²) in [5.74, 6) is 0.159. The van der Waals surface area contributed by atoms with Crippen LogP contribution in [0.1, 0.15) is 43.2 Å². The minimum atomic E-state index is -0.378. The van der Waals surface area contributed by atoms with E-state index in [2.05, 4.69) is 11.1 Å². The van der Waals surface area contributed by atoms with Gasteiger partial charge < -0.3 is 4.90 Å². The monoisotopic (exact) mass is 270 g/mol. The Morgan fingerprint density at radius 1 is 1.25 bits per heavy atom. The SMILES string of the molecule is CN1C(=O)CCc2cc(C3(N=C=O)CCCC3)ccc21. The molecule has 0 unspecified atom stereocenters. The van der Waals surface area contributed by atoms with Crippen LogP contribution in [0.25, 0.3) is 0 Å². The molecule has 0 aromatic heterocycles. The van der Waals surface area contributed by atoms with Gasteiger partial charge in [-0.25, -0.2) is 4.79 Å². The molecule has 2 aliphatic rings. The van der Waals surface area contributed by atoms with Crippen molar-refractivity contribution < 1.29 is 9.59 Å². The summed E-state index contributed by atoms with van der Waals surface area (Å²) >= 11 is 0. The van der Waals surface area contributed by atoms with Crippen LogP contribution in [0, 0.1) is 0 Å². The third-order valence-electron chi connectivity index (χ3n) is 4.65. The lowest BCUT2D eigenvalue weighted by atomic mass is 9.86. The van der Waals surface area contributed by atoms with Crippen LogP contribution in [0.3, 0.4) is 0 Å². The molecule has 0 spiro atoms. The lowest BCUT2D eigenvalue weighted by Crippen LogP contribution is -2.31. The fourth-order valence-corrected chi connectivity index (χ4v) is 3.46. The molecule has 4 nitrogen and oxygen atoms in total. The van der Waals surface area contributed by atoms with Crippen molar-refractivity contribution in [2.45, 2.75) is 44.1 Å². The summed E-state index contributed by atoms with van der Waals surface area (Å²) in [6, 6.07) is 6.13. The highest BCUT2D eigenvalue weighted by atomic mass is 16.2. The molecule has 1 aromatic carbocycles. The van der Waals surface area contributed by atoms with E-state index in [0.717, 1.165) is 43.4 Å². The summed E-state index contributed by atoms with van der Waals surface area (Å²) in [6.07, 6.45) is 7.10. The molecule has 1 heterocycles. The minimum absolute atomic E-state index is 0.159. The lowest BCUT2D eigenvalue weighted by molar-refractivity contribution is -0.118. The number of fused-ring (bicyclic) bond motifs is 1. The van der Waals surface area contributed by atoms with Crippen LogP contribution in [0.15, 0.2) is 23.2 Å². The number of isocyanates is 1. The van der Waals surface area contributed by atoms with Crippen LogP contribution >= 0.6 is 0 Å². The zero-order chi connectivity index (χ0) is 14.2. The van der Waals surface area contributed by atoms with E-state index >= 15 is 0 Å². The van der Waals surface area contributed by atoms with Crippen molar-refractivity contribution in [3.63, 3.8) is 0 Å². The van der Waals surface area contributed by atoms with Crippen molar-refractivity contribution in [1.82, 2.24) is 0 Å². The molecule has 1 aliphatic heterocycles. The summed E-state index contributed by atoms with van der Waals surface area (Å²) in [5.41, 5.74) is 2.88. The molecule has 20 heavy (non-hydrogen) atoms. The molecule has 1 aromatic rings.